The van der Waals surface area contributed by atoms with E-state index in [4.69, 9.17) is 9.84 Å². The first-order valence-electron chi connectivity index (χ1n) is 6.55. The Morgan fingerprint density at radius 2 is 2.06 bits per heavy atom. The van der Waals surface area contributed by atoms with Crippen molar-refractivity contribution in [3.63, 3.8) is 0 Å². The van der Waals surface area contributed by atoms with Crippen LogP contribution in [0.2, 0.25) is 0 Å². The highest BCUT2D eigenvalue weighted by Crippen LogP contribution is 2.27. The van der Waals surface area contributed by atoms with Gasteiger partial charge in [0, 0.05) is 25.4 Å². The van der Waals surface area contributed by atoms with Gasteiger partial charge in [0.2, 0.25) is 0 Å². The van der Waals surface area contributed by atoms with Gasteiger partial charge in [0.05, 0.1) is 6.10 Å². The van der Waals surface area contributed by atoms with E-state index in [-0.39, 0.29) is 12.7 Å². The first-order chi connectivity index (χ1) is 8.56. The molecule has 0 unspecified atom stereocenters. The van der Waals surface area contributed by atoms with Crippen molar-refractivity contribution in [2.24, 2.45) is 0 Å². The predicted octanol–water partition coefficient (Wildman–Crippen LogP) is 2.47. The lowest BCUT2D eigenvalue weighted by molar-refractivity contribution is 0.241. The Morgan fingerprint density at radius 3 is 2.61 bits per heavy atom. The quantitative estimate of drug-likeness (QED) is 0.809. The summed E-state index contributed by atoms with van der Waals surface area (Å²) in [7, 11) is 0. The molecule has 0 spiro atoms. The Bertz CT molecular complexity index is 353. The number of rotatable bonds is 7. The normalized spacial score (nSPS) is 11.1. The van der Waals surface area contributed by atoms with E-state index in [1.807, 2.05) is 26.0 Å². The van der Waals surface area contributed by atoms with Crippen molar-refractivity contribution in [3.05, 3.63) is 18.3 Å². The summed E-state index contributed by atoms with van der Waals surface area (Å²) >= 11 is 0. The van der Waals surface area contributed by atoms with Crippen molar-refractivity contribution in [2.45, 2.75) is 46.3 Å². The predicted molar refractivity (Wildman–Crippen MR) is 74.2 cm³/mol. The average molecular weight is 252 g/mol. The summed E-state index contributed by atoms with van der Waals surface area (Å²) < 4.78 is 5.79. The van der Waals surface area contributed by atoms with Crippen molar-refractivity contribution >= 4 is 5.82 Å². The molecule has 1 N–H and O–H groups in total. The van der Waals surface area contributed by atoms with Crippen LogP contribution < -0.4 is 9.64 Å². The lowest BCUT2D eigenvalue weighted by Crippen LogP contribution is -2.33. The second-order valence-electron chi connectivity index (χ2n) is 4.86. The van der Waals surface area contributed by atoms with Crippen LogP contribution in [0.15, 0.2) is 18.3 Å². The van der Waals surface area contributed by atoms with Gasteiger partial charge in [-0.15, -0.1) is 0 Å². The highest BCUT2D eigenvalue weighted by Gasteiger charge is 2.16. The second kappa shape index (κ2) is 7.21. The van der Waals surface area contributed by atoms with Crippen LogP contribution in [-0.4, -0.2) is 35.4 Å². The van der Waals surface area contributed by atoms with Gasteiger partial charge < -0.3 is 14.7 Å². The van der Waals surface area contributed by atoms with Crippen molar-refractivity contribution < 1.29 is 9.84 Å². The van der Waals surface area contributed by atoms with Gasteiger partial charge in [0.25, 0.3) is 0 Å². The highest BCUT2D eigenvalue weighted by atomic mass is 16.5. The zero-order chi connectivity index (χ0) is 13.5. The molecule has 4 heteroatoms. The molecule has 1 rings (SSSR count). The maximum Gasteiger partial charge on any atom is 0.171 e. The molecule has 1 aromatic rings. The fraction of sp³-hybridized carbons (Fsp3) is 0.643. The van der Waals surface area contributed by atoms with E-state index in [9.17, 15) is 0 Å². The molecule has 0 aliphatic carbocycles. The van der Waals surface area contributed by atoms with E-state index in [1.165, 1.54) is 0 Å². The Balaban J connectivity index is 2.95. The van der Waals surface area contributed by atoms with Crippen LogP contribution >= 0.6 is 0 Å². The molecule has 0 aromatic carbocycles. The number of aliphatic hydroxyl groups excluding tert-OH is 1. The first kappa shape index (κ1) is 14.8. The van der Waals surface area contributed by atoms with Gasteiger partial charge in [-0.25, -0.2) is 4.98 Å². The molecule has 0 saturated carbocycles. The third-order valence-corrected chi connectivity index (χ3v) is 2.57. The van der Waals surface area contributed by atoms with Crippen LogP contribution in [0.5, 0.6) is 5.75 Å². The molecule has 1 aromatic heterocycles. The summed E-state index contributed by atoms with van der Waals surface area (Å²) in [6.45, 7) is 9.21. The van der Waals surface area contributed by atoms with Gasteiger partial charge in [-0.2, -0.15) is 0 Å². The zero-order valence-electron chi connectivity index (χ0n) is 11.8. The molecule has 4 nitrogen and oxygen atoms in total. The molecule has 1 heterocycles. The van der Waals surface area contributed by atoms with E-state index in [1.54, 1.807) is 6.20 Å². The average Bonchev–Trinajstić information content (AvgIpc) is 2.30. The van der Waals surface area contributed by atoms with Crippen LogP contribution in [0.25, 0.3) is 0 Å². The number of hydrogen-bond donors (Lipinski definition) is 1. The number of pyridine rings is 1. The molecule has 0 aliphatic rings. The van der Waals surface area contributed by atoms with Crippen molar-refractivity contribution in [1.29, 1.82) is 0 Å². The van der Waals surface area contributed by atoms with Crippen LogP contribution in [0.3, 0.4) is 0 Å². The van der Waals surface area contributed by atoms with Crippen LogP contribution in [0, 0.1) is 0 Å². The van der Waals surface area contributed by atoms with E-state index in [2.05, 4.69) is 23.7 Å². The lowest BCUT2D eigenvalue weighted by Gasteiger charge is -2.29. The molecule has 18 heavy (non-hydrogen) atoms. The fourth-order valence-corrected chi connectivity index (χ4v) is 1.79. The largest absolute Gasteiger partial charge is 0.487 e. The third kappa shape index (κ3) is 4.18. The Labute approximate surface area is 110 Å². The van der Waals surface area contributed by atoms with Gasteiger partial charge in [-0.3, -0.25) is 0 Å². The maximum atomic E-state index is 8.98. The Hall–Kier alpha value is -1.29. The van der Waals surface area contributed by atoms with Gasteiger partial charge in [0.1, 0.15) is 0 Å². The van der Waals surface area contributed by atoms with Gasteiger partial charge in [-0.1, -0.05) is 0 Å². The number of ether oxygens (including phenoxy) is 1. The minimum absolute atomic E-state index is 0.125. The smallest absolute Gasteiger partial charge is 0.171 e. The van der Waals surface area contributed by atoms with Crippen LogP contribution in [-0.2, 0) is 0 Å². The lowest BCUT2D eigenvalue weighted by atomic mass is 10.2. The minimum atomic E-state index is 0.125. The van der Waals surface area contributed by atoms with E-state index in [0.29, 0.717) is 6.04 Å². The number of aliphatic hydroxyl groups is 1. The number of aromatic nitrogens is 1. The van der Waals surface area contributed by atoms with Crippen molar-refractivity contribution in [2.75, 3.05) is 18.1 Å². The minimum Gasteiger partial charge on any atom is -0.487 e. The summed E-state index contributed by atoms with van der Waals surface area (Å²) in [5.41, 5.74) is 0. The first-order valence-corrected chi connectivity index (χ1v) is 6.55. The van der Waals surface area contributed by atoms with Crippen molar-refractivity contribution in [3.8, 4) is 5.75 Å². The Morgan fingerprint density at radius 1 is 1.33 bits per heavy atom. The monoisotopic (exact) mass is 252 g/mol. The molecular formula is C14H24N2O2. The molecular weight excluding hydrogens is 228 g/mol. The van der Waals surface area contributed by atoms with Crippen molar-refractivity contribution in [1.82, 2.24) is 4.98 Å². The van der Waals surface area contributed by atoms with E-state index < -0.39 is 0 Å². The molecule has 102 valence electrons. The summed E-state index contributed by atoms with van der Waals surface area (Å²) in [5.74, 6) is 1.66. The number of nitrogens with zero attached hydrogens (tertiary/aromatic N) is 2. The van der Waals surface area contributed by atoms with Crippen LogP contribution in [0.4, 0.5) is 5.82 Å². The molecule has 0 bridgehead atoms. The van der Waals surface area contributed by atoms with Crippen LogP contribution in [0.1, 0.15) is 34.1 Å². The second-order valence-corrected chi connectivity index (χ2v) is 4.86. The van der Waals surface area contributed by atoms with Gasteiger partial charge in [0.15, 0.2) is 11.6 Å². The SMILES string of the molecule is CC(C)Oc1cccnc1N(CCCO)C(C)C. The topological polar surface area (TPSA) is 45.6 Å². The summed E-state index contributed by atoms with van der Waals surface area (Å²) in [4.78, 5) is 6.59. The number of anilines is 1. The third-order valence-electron chi connectivity index (χ3n) is 2.57. The summed E-state index contributed by atoms with van der Waals surface area (Å²) in [5, 5.41) is 8.98. The van der Waals surface area contributed by atoms with E-state index >= 15 is 0 Å². The maximum absolute atomic E-state index is 8.98. The number of hydrogen-bond acceptors (Lipinski definition) is 4. The van der Waals surface area contributed by atoms with Gasteiger partial charge >= 0.3 is 0 Å². The molecule has 0 atom stereocenters. The fourth-order valence-electron chi connectivity index (χ4n) is 1.79. The Kier molecular flexibility index (Phi) is 5.92. The standard InChI is InChI=1S/C14H24N2O2/c1-11(2)16(9-6-10-17)14-13(18-12(3)4)7-5-8-15-14/h5,7-8,11-12,17H,6,9-10H2,1-4H3. The summed E-state index contributed by atoms with van der Waals surface area (Å²) in [6, 6.07) is 4.14. The molecule has 0 radical (unpaired) electrons. The summed E-state index contributed by atoms with van der Waals surface area (Å²) in [6.07, 6.45) is 2.63. The zero-order valence-corrected chi connectivity index (χ0v) is 11.8. The highest BCUT2D eigenvalue weighted by molar-refractivity contribution is 5.52. The van der Waals surface area contributed by atoms with E-state index in [0.717, 1.165) is 24.5 Å². The molecule has 0 saturated heterocycles. The molecule has 0 aliphatic heterocycles. The molecule has 0 fully saturated rings. The molecule has 0 amide bonds. The van der Waals surface area contributed by atoms with Gasteiger partial charge in [-0.05, 0) is 46.2 Å².